The number of carbonyl (C=O) groups is 2. The van der Waals surface area contributed by atoms with Gasteiger partial charge in [0.05, 0.1) is 19.8 Å². The number of benzene rings is 1. The van der Waals surface area contributed by atoms with Gasteiger partial charge in [-0.3, -0.25) is 0 Å². The first-order chi connectivity index (χ1) is 8.15. The van der Waals surface area contributed by atoms with E-state index in [-0.39, 0.29) is 6.54 Å². The molecule has 0 atom stereocenters. The summed E-state index contributed by atoms with van der Waals surface area (Å²) in [5.41, 5.74) is 1.02. The molecule has 6 heteroatoms. The Morgan fingerprint density at radius 1 is 1.41 bits per heavy atom. The summed E-state index contributed by atoms with van der Waals surface area (Å²) < 4.78 is 14.7. The van der Waals surface area contributed by atoms with Gasteiger partial charge in [-0.05, 0) is 12.1 Å². The van der Waals surface area contributed by atoms with Crippen molar-refractivity contribution in [2.45, 2.75) is 6.54 Å². The molecule has 0 bridgehead atoms. The zero-order chi connectivity index (χ0) is 12.4. The number of ether oxygens (including phenoxy) is 3. The molecule has 0 fully saturated rings. The van der Waals surface area contributed by atoms with E-state index in [1.807, 2.05) is 0 Å². The van der Waals surface area contributed by atoms with Crippen molar-refractivity contribution < 1.29 is 23.8 Å². The maximum atomic E-state index is 11.4. The molecule has 0 saturated heterocycles. The molecule has 6 nitrogen and oxygen atoms in total. The Labute approximate surface area is 97.5 Å². The summed E-state index contributed by atoms with van der Waals surface area (Å²) >= 11 is 0. The Hall–Kier alpha value is -2.24. The Morgan fingerprint density at radius 3 is 2.82 bits per heavy atom. The van der Waals surface area contributed by atoms with Crippen molar-refractivity contribution in [3.8, 4) is 11.5 Å². The van der Waals surface area contributed by atoms with E-state index in [1.165, 1.54) is 20.3 Å². The first-order valence-electron chi connectivity index (χ1n) is 4.90. The second-order valence-corrected chi connectivity index (χ2v) is 3.40. The average molecular weight is 237 g/mol. The second kappa shape index (κ2) is 4.32. The van der Waals surface area contributed by atoms with Crippen LogP contribution in [0.2, 0.25) is 0 Å². The van der Waals surface area contributed by atoms with Crippen molar-refractivity contribution in [2.75, 3.05) is 14.2 Å². The van der Waals surface area contributed by atoms with Crippen molar-refractivity contribution in [3.05, 3.63) is 23.3 Å². The molecular formula is C11H11NO5. The normalized spacial score (nSPS) is 13.2. The third-order valence-corrected chi connectivity index (χ3v) is 2.39. The van der Waals surface area contributed by atoms with Gasteiger partial charge in [-0.25, -0.2) is 9.59 Å². The summed E-state index contributed by atoms with van der Waals surface area (Å²) in [6.45, 7) is 0.287. The van der Waals surface area contributed by atoms with E-state index in [1.54, 1.807) is 6.07 Å². The highest BCUT2D eigenvalue weighted by atomic mass is 16.6. The van der Waals surface area contributed by atoms with Crippen LogP contribution >= 0.6 is 0 Å². The molecular weight excluding hydrogens is 226 g/mol. The van der Waals surface area contributed by atoms with Crippen LogP contribution < -0.4 is 14.8 Å². The molecule has 0 unspecified atom stereocenters. The standard InChI is InChI=1S/C11H11NO5/c1-15-8-4-6(10(13)16-2)3-7-5-12-11(14)17-9(7)8/h3-4H,5H2,1-2H3,(H,12,14). The molecule has 90 valence electrons. The van der Waals surface area contributed by atoms with Crippen LogP contribution in [-0.2, 0) is 11.3 Å². The van der Waals surface area contributed by atoms with Gasteiger partial charge in [0, 0.05) is 12.1 Å². The van der Waals surface area contributed by atoms with Gasteiger partial charge in [0.15, 0.2) is 11.5 Å². The number of rotatable bonds is 2. The molecule has 0 spiro atoms. The van der Waals surface area contributed by atoms with Gasteiger partial charge in [-0.15, -0.1) is 0 Å². The molecule has 1 N–H and O–H groups in total. The maximum Gasteiger partial charge on any atom is 0.413 e. The number of hydrogen-bond donors (Lipinski definition) is 1. The van der Waals surface area contributed by atoms with Crippen LogP contribution in [0.5, 0.6) is 11.5 Å². The Bertz CT molecular complexity index is 466. The molecule has 1 aromatic carbocycles. The minimum absolute atomic E-state index is 0.287. The minimum atomic E-state index is -0.540. The van der Waals surface area contributed by atoms with E-state index < -0.39 is 12.1 Å². The highest BCUT2D eigenvalue weighted by Gasteiger charge is 2.23. The fourth-order valence-corrected chi connectivity index (χ4v) is 1.59. The van der Waals surface area contributed by atoms with E-state index in [2.05, 4.69) is 10.1 Å². The number of amides is 1. The molecule has 0 aromatic heterocycles. The smallest absolute Gasteiger partial charge is 0.413 e. The predicted molar refractivity (Wildman–Crippen MR) is 57.2 cm³/mol. The molecule has 2 rings (SSSR count). The molecule has 1 aliphatic heterocycles. The summed E-state index contributed by atoms with van der Waals surface area (Å²) in [6, 6.07) is 3.08. The lowest BCUT2D eigenvalue weighted by molar-refractivity contribution is 0.0600. The van der Waals surface area contributed by atoms with Crippen molar-refractivity contribution in [1.82, 2.24) is 5.32 Å². The van der Waals surface area contributed by atoms with Crippen LogP contribution in [0.4, 0.5) is 4.79 Å². The molecule has 1 aliphatic rings. The van der Waals surface area contributed by atoms with Crippen LogP contribution in [0, 0.1) is 0 Å². The number of methoxy groups -OCH3 is 2. The summed E-state index contributed by atoms with van der Waals surface area (Å²) in [5.74, 6) is 0.199. The Morgan fingerprint density at radius 2 is 2.18 bits per heavy atom. The highest BCUT2D eigenvalue weighted by Crippen LogP contribution is 2.34. The fourth-order valence-electron chi connectivity index (χ4n) is 1.59. The SMILES string of the molecule is COC(=O)c1cc2c(c(OC)c1)OC(=O)NC2. The lowest BCUT2D eigenvalue weighted by Crippen LogP contribution is -2.31. The largest absolute Gasteiger partial charge is 0.493 e. The van der Waals surface area contributed by atoms with Gasteiger partial charge in [0.1, 0.15) is 0 Å². The molecule has 1 heterocycles. The van der Waals surface area contributed by atoms with E-state index >= 15 is 0 Å². The molecule has 17 heavy (non-hydrogen) atoms. The van der Waals surface area contributed by atoms with Gasteiger partial charge in [-0.1, -0.05) is 0 Å². The molecule has 1 aromatic rings. The highest BCUT2D eigenvalue weighted by molar-refractivity contribution is 5.91. The second-order valence-electron chi connectivity index (χ2n) is 3.40. The third-order valence-electron chi connectivity index (χ3n) is 2.39. The molecule has 0 aliphatic carbocycles. The third kappa shape index (κ3) is 2.01. The summed E-state index contributed by atoms with van der Waals surface area (Å²) in [5, 5.41) is 2.50. The Balaban J connectivity index is 2.49. The number of fused-ring (bicyclic) bond motifs is 1. The van der Waals surface area contributed by atoms with Crippen molar-refractivity contribution in [2.24, 2.45) is 0 Å². The van der Waals surface area contributed by atoms with E-state index in [0.717, 1.165) is 0 Å². The fraction of sp³-hybridized carbons (Fsp3) is 0.273. The van der Waals surface area contributed by atoms with Gasteiger partial charge < -0.3 is 19.5 Å². The molecule has 1 amide bonds. The maximum absolute atomic E-state index is 11.4. The van der Waals surface area contributed by atoms with Crippen molar-refractivity contribution in [3.63, 3.8) is 0 Å². The predicted octanol–water partition coefficient (Wildman–Crippen LogP) is 1.08. The summed E-state index contributed by atoms with van der Waals surface area (Å²) in [7, 11) is 2.74. The number of nitrogens with one attached hydrogen (secondary N) is 1. The lowest BCUT2D eigenvalue weighted by atomic mass is 10.1. The van der Waals surface area contributed by atoms with Crippen LogP contribution in [0.1, 0.15) is 15.9 Å². The zero-order valence-corrected chi connectivity index (χ0v) is 9.40. The Kier molecular flexibility index (Phi) is 2.86. The lowest BCUT2D eigenvalue weighted by Gasteiger charge is -2.19. The average Bonchev–Trinajstić information content (AvgIpc) is 2.36. The van der Waals surface area contributed by atoms with E-state index in [4.69, 9.17) is 9.47 Å². The van der Waals surface area contributed by atoms with Crippen LogP contribution in [0.15, 0.2) is 12.1 Å². The minimum Gasteiger partial charge on any atom is -0.493 e. The van der Waals surface area contributed by atoms with Gasteiger partial charge in [-0.2, -0.15) is 0 Å². The van der Waals surface area contributed by atoms with Gasteiger partial charge >= 0.3 is 12.1 Å². The van der Waals surface area contributed by atoms with E-state index in [9.17, 15) is 9.59 Å². The van der Waals surface area contributed by atoms with E-state index in [0.29, 0.717) is 22.6 Å². The molecule has 0 radical (unpaired) electrons. The quantitative estimate of drug-likeness (QED) is 0.779. The van der Waals surface area contributed by atoms with Crippen LogP contribution in [0.3, 0.4) is 0 Å². The first-order valence-corrected chi connectivity index (χ1v) is 4.90. The monoisotopic (exact) mass is 237 g/mol. The first kappa shape index (κ1) is 11.3. The van der Waals surface area contributed by atoms with Gasteiger partial charge in [0.2, 0.25) is 0 Å². The van der Waals surface area contributed by atoms with Crippen molar-refractivity contribution in [1.29, 1.82) is 0 Å². The number of esters is 1. The summed E-state index contributed by atoms with van der Waals surface area (Å²) in [6.07, 6.45) is -0.540. The van der Waals surface area contributed by atoms with Crippen LogP contribution in [-0.4, -0.2) is 26.3 Å². The van der Waals surface area contributed by atoms with Crippen LogP contribution in [0.25, 0.3) is 0 Å². The number of hydrogen-bond acceptors (Lipinski definition) is 5. The number of carbonyl (C=O) groups excluding carboxylic acids is 2. The van der Waals surface area contributed by atoms with Gasteiger partial charge in [0.25, 0.3) is 0 Å². The molecule has 0 saturated carbocycles. The topological polar surface area (TPSA) is 73.9 Å². The van der Waals surface area contributed by atoms with Crippen molar-refractivity contribution >= 4 is 12.1 Å². The zero-order valence-electron chi connectivity index (χ0n) is 9.40. The summed E-state index contributed by atoms with van der Waals surface area (Å²) in [4.78, 5) is 22.5.